The SMILES string of the molecule is CC[n+]1cc2c(cc1C)CC=C2. The van der Waals surface area contributed by atoms with Crippen molar-refractivity contribution < 1.29 is 4.57 Å². The molecule has 0 aromatic carbocycles. The van der Waals surface area contributed by atoms with Gasteiger partial charge >= 0.3 is 0 Å². The van der Waals surface area contributed by atoms with Crippen LogP contribution in [0.1, 0.15) is 23.7 Å². The van der Waals surface area contributed by atoms with E-state index in [-0.39, 0.29) is 0 Å². The van der Waals surface area contributed by atoms with Crippen LogP contribution < -0.4 is 4.57 Å². The van der Waals surface area contributed by atoms with Crippen molar-refractivity contribution >= 4 is 6.08 Å². The van der Waals surface area contributed by atoms with E-state index in [1.54, 1.807) is 0 Å². The third-order valence-corrected chi connectivity index (χ3v) is 2.48. The van der Waals surface area contributed by atoms with E-state index in [0.29, 0.717) is 0 Å². The van der Waals surface area contributed by atoms with Gasteiger partial charge < -0.3 is 0 Å². The molecule has 1 aliphatic carbocycles. The zero-order chi connectivity index (χ0) is 8.55. The number of hydrogen-bond acceptors (Lipinski definition) is 0. The summed E-state index contributed by atoms with van der Waals surface area (Å²) in [6, 6.07) is 2.29. The molecule has 0 saturated heterocycles. The van der Waals surface area contributed by atoms with Crippen molar-refractivity contribution in [2.45, 2.75) is 26.8 Å². The molecule has 62 valence electrons. The number of fused-ring (bicyclic) bond motifs is 1. The van der Waals surface area contributed by atoms with Crippen molar-refractivity contribution in [1.29, 1.82) is 0 Å². The molecule has 0 saturated carbocycles. The molecule has 0 aliphatic heterocycles. The maximum atomic E-state index is 2.29. The summed E-state index contributed by atoms with van der Waals surface area (Å²) in [5.41, 5.74) is 4.22. The Balaban J connectivity index is 2.55. The molecule has 0 spiro atoms. The molecule has 0 radical (unpaired) electrons. The van der Waals surface area contributed by atoms with E-state index in [1.165, 1.54) is 16.8 Å². The number of aromatic nitrogens is 1. The second kappa shape index (κ2) is 2.74. The molecular weight excluding hydrogens is 146 g/mol. The van der Waals surface area contributed by atoms with Gasteiger partial charge in [0.05, 0.1) is 0 Å². The molecular formula is C11H14N+. The highest BCUT2D eigenvalue weighted by atomic mass is 14.9. The fourth-order valence-electron chi connectivity index (χ4n) is 1.75. The molecule has 1 aliphatic rings. The van der Waals surface area contributed by atoms with E-state index in [4.69, 9.17) is 0 Å². The fraction of sp³-hybridized carbons (Fsp3) is 0.364. The highest BCUT2D eigenvalue weighted by molar-refractivity contribution is 5.58. The first-order chi connectivity index (χ1) is 5.81. The van der Waals surface area contributed by atoms with Crippen molar-refractivity contribution in [3.63, 3.8) is 0 Å². The Kier molecular flexibility index (Phi) is 1.72. The topological polar surface area (TPSA) is 3.88 Å². The van der Waals surface area contributed by atoms with E-state index in [9.17, 15) is 0 Å². The Bertz CT molecular complexity index is 337. The molecule has 2 rings (SSSR count). The maximum absolute atomic E-state index is 2.29. The Morgan fingerprint density at radius 3 is 3.08 bits per heavy atom. The van der Waals surface area contributed by atoms with E-state index < -0.39 is 0 Å². The standard InChI is InChI=1S/C11H14N/c1-3-12-8-11-6-4-5-10(11)7-9(12)2/h4,6-8H,3,5H2,1-2H3/q+1. The lowest BCUT2D eigenvalue weighted by Gasteiger charge is -2.00. The highest BCUT2D eigenvalue weighted by Crippen LogP contribution is 2.17. The number of rotatable bonds is 1. The van der Waals surface area contributed by atoms with Gasteiger partial charge in [0.1, 0.15) is 6.54 Å². The summed E-state index contributed by atoms with van der Waals surface area (Å²) in [6.45, 7) is 5.41. The zero-order valence-corrected chi connectivity index (χ0v) is 7.67. The molecule has 0 unspecified atom stereocenters. The normalized spacial score (nSPS) is 13.5. The van der Waals surface area contributed by atoms with Crippen LogP contribution in [0, 0.1) is 6.92 Å². The molecule has 12 heavy (non-hydrogen) atoms. The zero-order valence-electron chi connectivity index (χ0n) is 7.67. The van der Waals surface area contributed by atoms with Gasteiger partial charge in [-0.25, -0.2) is 4.57 Å². The van der Waals surface area contributed by atoms with E-state index in [1.807, 2.05) is 0 Å². The summed E-state index contributed by atoms with van der Waals surface area (Å²) in [6.07, 6.45) is 7.79. The lowest BCUT2D eigenvalue weighted by atomic mass is 10.1. The van der Waals surface area contributed by atoms with Gasteiger partial charge in [0.25, 0.3) is 0 Å². The summed E-state index contributed by atoms with van der Waals surface area (Å²) in [4.78, 5) is 0. The molecule has 1 aromatic rings. The monoisotopic (exact) mass is 160 g/mol. The first kappa shape index (κ1) is 7.53. The Morgan fingerprint density at radius 1 is 1.50 bits per heavy atom. The van der Waals surface area contributed by atoms with E-state index in [2.05, 4.69) is 42.8 Å². The van der Waals surface area contributed by atoms with Crippen LogP contribution in [0.5, 0.6) is 0 Å². The van der Waals surface area contributed by atoms with Gasteiger partial charge in [0.2, 0.25) is 0 Å². The first-order valence-electron chi connectivity index (χ1n) is 4.50. The third kappa shape index (κ3) is 1.06. The lowest BCUT2D eigenvalue weighted by Crippen LogP contribution is -2.35. The van der Waals surface area contributed by atoms with Gasteiger partial charge in [0, 0.05) is 18.6 Å². The van der Waals surface area contributed by atoms with Crippen molar-refractivity contribution in [2.75, 3.05) is 0 Å². The Labute approximate surface area is 73.4 Å². The summed E-state index contributed by atoms with van der Waals surface area (Å²) in [5.74, 6) is 0. The van der Waals surface area contributed by atoms with Gasteiger partial charge in [-0.1, -0.05) is 12.2 Å². The molecule has 0 atom stereocenters. The number of nitrogens with zero attached hydrogens (tertiary/aromatic N) is 1. The van der Waals surface area contributed by atoms with Crippen LogP contribution in [0.4, 0.5) is 0 Å². The van der Waals surface area contributed by atoms with Gasteiger partial charge in [0.15, 0.2) is 11.9 Å². The fourth-order valence-corrected chi connectivity index (χ4v) is 1.75. The summed E-state index contributed by atoms with van der Waals surface area (Å²) < 4.78 is 2.29. The number of pyridine rings is 1. The summed E-state index contributed by atoms with van der Waals surface area (Å²) in [5, 5.41) is 0. The van der Waals surface area contributed by atoms with Crippen LogP contribution >= 0.6 is 0 Å². The maximum Gasteiger partial charge on any atom is 0.178 e. The largest absolute Gasteiger partial charge is 0.202 e. The number of hydrogen-bond donors (Lipinski definition) is 0. The Hall–Kier alpha value is -1.11. The first-order valence-corrected chi connectivity index (χ1v) is 4.50. The molecule has 0 fully saturated rings. The number of allylic oxidation sites excluding steroid dienone is 1. The molecule has 0 N–H and O–H groups in total. The molecule has 0 bridgehead atoms. The highest BCUT2D eigenvalue weighted by Gasteiger charge is 2.12. The average molecular weight is 160 g/mol. The molecule has 1 aromatic heterocycles. The smallest absolute Gasteiger partial charge is 0.178 e. The van der Waals surface area contributed by atoms with Crippen LogP contribution in [0.15, 0.2) is 18.3 Å². The van der Waals surface area contributed by atoms with Gasteiger partial charge in [-0.15, -0.1) is 0 Å². The molecule has 1 heteroatoms. The Morgan fingerprint density at radius 2 is 2.33 bits per heavy atom. The van der Waals surface area contributed by atoms with Gasteiger partial charge in [-0.05, 0) is 18.9 Å². The predicted molar refractivity (Wildman–Crippen MR) is 49.8 cm³/mol. The average Bonchev–Trinajstić information content (AvgIpc) is 2.49. The minimum Gasteiger partial charge on any atom is -0.202 e. The van der Waals surface area contributed by atoms with Gasteiger partial charge in [-0.3, -0.25) is 0 Å². The minimum absolute atomic E-state index is 1.06. The van der Waals surface area contributed by atoms with Crippen LogP contribution in [0.2, 0.25) is 0 Å². The van der Waals surface area contributed by atoms with Gasteiger partial charge in [-0.2, -0.15) is 0 Å². The van der Waals surface area contributed by atoms with Crippen molar-refractivity contribution in [3.05, 3.63) is 35.2 Å². The molecule has 0 amide bonds. The summed E-state index contributed by atoms with van der Waals surface area (Å²) >= 11 is 0. The van der Waals surface area contributed by atoms with Crippen LogP contribution in [-0.4, -0.2) is 0 Å². The molecule has 1 nitrogen and oxygen atoms in total. The van der Waals surface area contributed by atoms with Crippen molar-refractivity contribution in [1.82, 2.24) is 0 Å². The third-order valence-electron chi connectivity index (χ3n) is 2.48. The predicted octanol–water partition coefficient (Wildman–Crippen LogP) is 1.87. The lowest BCUT2D eigenvalue weighted by molar-refractivity contribution is -0.699. The van der Waals surface area contributed by atoms with E-state index in [0.717, 1.165) is 13.0 Å². The van der Waals surface area contributed by atoms with Crippen LogP contribution in [0.3, 0.4) is 0 Å². The van der Waals surface area contributed by atoms with E-state index >= 15 is 0 Å². The second-order valence-electron chi connectivity index (χ2n) is 3.29. The van der Waals surface area contributed by atoms with Crippen molar-refractivity contribution in [2.24, 2.45) is 0 Å². The second-order valence-corrected chi connectivity index (χ2v) is 3.29. The van der Waals surface area contributed by atoms with Crippen LogP contribution in [-0.2, 0) is 13.0 Å². The number of aryl methyl sites for hydroxylation is 2. The minimum atomic E-state index is 1.06. The van der Waals surface area contributed by atoms with Crippen molar-refractivity contribution in [3.8, 4) is 0 Å². The molecule has 1 heterocycles. The van der Waals surface area contributed by atoms with Crippen LogP contribution in [0.25, 0.3) is 6.08 Å². The quantitative estimate of drug-likeness (QED) is 0.552. The summed E-state index contributed by atoms with van der Waals surface area (Å²) in [7, 11) is 0.